The average Bonchev–Trinajstić information content (AvgIpc) is 3.68. The Balaban J connectivity index is 1.35. The van der Waals surface area contributed by atoms with Gasteiger partial charge in [0.1, 0.15) is 11.3 Å². The van der Waals surface area contributed by atoms with Crippen LogP contribution in [0.15, 0.2) is 36.4 Å². The molecule has 4 heterocycles. The van der Waals surface area contributed by atoms with E-state index in [1.54, 1.807) is 7.11 Å². The van der Waals surface area contributed by atoms with Gasteiger partial charge in [0, 0.05) is 50.2 Å². The molecule has 2 aliphatic heterocycles. The summed E-state index contributed by atoms with van der Waals surface area (Å²) in [4.78, 5) is 22.8. The van der Waals surface area contributed by atoms with E-state index in [9.17, 15) is 9.90 Å². The van der Waals surface area contributed by atoms with Gasteiger partial charge < -0.3 is 28.8 Å². The first-order valence-electron chi connectivity index (χ1n) is 12.9. The Labute approximate surface area is 209 Å². The van der Waals surface area contributed by atoms with Crippen LogP contribution in [0.4, 0.5) is 5.69 Å². The molecule has 0 spiro atoms. The Morgan fingerprint density at radius 2 is 2.06 bits per heavy atom. The molecular formula is C28H31N5O3. The van der Waals surface area contributed by atoms with Gasteiger partial charge in [0.2, 0.25) is 0 Å². The standard InChI is InChI=1S/C28H31N5O3/c1-30-26-21(13-19(15-24(26)36-2)28(35)33-16-17-6-7-20(33)12-17)29-27(30)23-14-18-4-3-5-22-25(18)32(23)9-8-31(22)10-11-34/h3-5,13-15,17,20,34H,6-12,16H2,1-2H3/t17-,20+/m0/s1. The fourth-order valence-corrected chi connectivity index (χ4v) is 6.83. The van der Waals surface area contributed by atoms with Crippen LogP contribution in [0.2, 0.25) is 0 Å². The molecule has 1 saturated heterocycles. The van der Waals surface area contributed by atoms with Crippen molar-refractivity contribution >= 4 is 33.5 Å². The highest BCUT2D eigenvalue weighted by Crippen LogP contribution is 2.40. The lowest BCUT2D eigenvalue weighted by Gasteiger charge is -2.30. The molecule has 1 saturated carbocycles. The van der Waals surface area contributed by atoms with Gasteiger partial charge in [-0.3, -0.25) is 4.79 Å². The topological polar surface area (TPSA) is 75.8 Å². The van der Waals surface area contributed by atoms with Gasteiger partial charge in [-0.25, -0.2) is 4.98 Å². The number of para-hydroxylation sites is 1. The number of carbonyl (C=O) groups is 1. The molecule has 2 aromatic carbocycles. The van der Waals surface area contributed by atoms with E-state index < -0.39 is 0 Å². The summed E-state index contributed by atoms with van der Waals surface area (Å²) in [6.45, 7) is 3.27. The third-order valence-electron chi connectivity index (χ3n) is 8.50. The van der Waals surface area contributed by atoms with Crippen molar-refractivity contribution in [3.63, 3.8) is 0 Å². The third kappa shape index (κ3) is 3.03. The lowest BCUT2D eigenvalue weighted by Crippen LogP contribution is -2.37. The van der Waals surface area contributed by atoms with Gasteiger partial charge in [0.25, 0.3) is 5.91 Å². The minimum atomic E-state index is 0.0896. The zero-order valence-corrected chi connectivity index (χ0v) is 20.8. The first-order chi connectivity index (χ1) is 17.6. The van der Waals surface area contributed by atoms with Gasteiger partial charge >= 0.3 is 0 Å². The number of ether oxygens (including phenoxy) is 1. The number of hydrogen-bond acceptors (Lipinski definition) is 5. The van der Waals surface area contributed by atoms with E-state index in [1.807, 2.05) is 19.2 Å². The summed E-state index contributed by atoms with van der Waals surface area (Å²) in [5, 5.41) is 10.7. The molecule has 2 fully saturated rings. The van der Waals surface area contributed by atoms with Gasteiger partial charge in [-0.2, -0.15) is 0 Å². The summed E-state index contributed by atoms with van der Waals surface area (Å²) >= 11 is 0. The summed E-state index contributed by atoms with van der Waals surface area (Å²) in [6.07, 6.45) is 3.50. The number of anilines is 1. The zero-order chi connectivity index (χ0) is 24.6. The molecule has 2 bridgehead atoms. The summed E-state index contributed by atoms with van der Waals surface area (Å²) in [6, 6.07) is 12.7. The van der Waals surface area contributed by atoms with Crippen molar-refractivity contribution < 1.29 is 14.6 Å². The molecule has 0 unspecified atom stereocenters. The largest absolute Gasteiger partial charge is 0.494 e. The summed E-state index contributed by atoms with van der Waals surface area (Å²) in [7, 11) is 3.67. The second-order valence-corrected chi connectivity index (χ2v) is 10.4. The van der Waals surface area contributed by atoms with Gasteiger partial charge in [0.15, 0.2) is 5.82 Å². The fourth-order valence-electron chi connectivity index (χ4n) is 6.83. The molecule has 8 heteroatoms. The minimum Gasteiger partial charge on any atom is -0.494 e. The monoisotopic (exact) mass is 485 g/mol. The number of imidazole rings is 1. The number of benzene rings is 2. The van der Waals surface area contributed by atoms with Crippen LogP contribution in [0.3, 0.4) is 0 Å². The Kier molecular flexibility index (Phi) is 4.83. The second-order valence-electron chi connectivity index (χ2n) is 10.4. The van der Waals surface area contributed by atoms with Gasteiger partial charge in [-0.05, 0) is 49.4 Å². The number of methoxy groups -OCH3 is 1. The number of aliphatic hydroxyl groups excluding tert-OH is 1. The van der Waals surface area contributed by atoms with E-state index in [2.05, 4.69) is 43.2 Å². The molecule has 1 aliphatic carbocycles. The van der Waals surface area contributed by atoms with Crippen molar-refractivity contribution in [1.29, 1.82) is 0 Å². The van der Waals surface area contributed by atoms with Crippen LogP contribution in [-0.4, -0.2) is 69.4 Å². The van der Waals surface area contributed by atoms with E-state index in [0.717, 1.165) is 66.1 Å². The van der Waals surface area contributed by atoms with E-state index >= 15 is 0 Å². The number of rotatable bonds is 5. The maximum Gasteiger partial charge on any atom is 0.254 e. The third-order valence-corrected chi connectivity index (χ3v) is 8.50. The zero-order valence-electron chi connectivity index (χ0n) is 20.8. The molecule has 2 aromatic heterocycles. The number of carbonyl (C=O) groups excluding carboxylic acids is 1. The number of β-amino-alcohol motifs (C(OH)–C–C–N with tert-alkyl or cyclic N) is 1. The molecule has 7 rings (SSSR count). The van der Waals surface area contributed by atoms with Crippen molar-refractivity contribution in [1.82, 2.24) is 19.0 Å². The highest BCUT2D eigenvalue weighted by Gasteiger charge is 2.40. The Morgan fingerprint density at radius 3 is 2.81 bits per heavy atom. The van der Waals surface area contributed by atoms with E-state index in [0.29, 0.717) is 29.8 Å². The van der Waals surface area contributed by atoms with Crippen molar-refractivity contribution in [3.05, 3.63) is 42.0 Å². The van der Waals surface area contributed by atoms with Crippen molar-refractivity contribution in [3.8, 4) is 17.3 Å². The molecule has 1 amide bonds. The van der Waals surface area contributed by atoms with E-state index in [4.69, 9.17) is 9.72 Å². The molecule has 1 N–H and O–H groups in total. The van der Waals surface area contributed by atoms with Crippen molar-refractivity contribution in [2.45, 2.75) is 31.8 Å². The Bertz CT molecular complexity index is 1520. The lowest BCUT2D eigenvalue weighted by atomic mass is 10.1. The SMILES string of the molecule is COc1cc(C(=O)N2C[C@H]3CC[C@@H]2C3)cc2nc(-c3cc4cccc5c4n3CCN5CCO)n(C)c12. The number of nitrogens with zero attached hydrogens (tertiary/aromatic N) is 5. The van der Waals surface area contributed by atoms with Crippen LogP contribution in [0, 0.1) is 5.92 Å². The van der Waals surface area contributed by atoms with E-state index in [1.165, 1.54) is 11.9 Å². The van der Waals surface area contributed by atoms with E-state index in [-0.39, 0.29) is 12.5 Å². The normalized spacial score (nSPS) is 20.8. The minimum absolute atomic E-state index is 0.0896. The van der Waals surface area contributed by atoms with Crippen LogP contribution >= 0.6 is 0 Å². The number of piperidine rings is 1. The van der Waals surface area contributed by atoms with Gasteiger partial charge in [-0.1, -0.05) is 12.1 Å². The average molecular weight is 486 g/mol. The molecule has 36 heavy (non-hydrogen) atoms. The Morgan fingerprint density at radius 1 is 1.17 bits per heavy atom. The van der Waals surface area contributed by atoms with Crippen LogP contribution in [-0.2, 0) is 13.6 Å². The molecule has 2 atom stereocenters. The van der Waals surface area contributed by atoms with Crippen LogP contribution in [0.5, 0.6) is 5.75 Å². The van der Waals surface area contributed by atoms with Gasteiger partial charge in [-0.15, -0.1) is 0 Å². The first-order valence-corrected chi connectivity index (χ1v) is 12.9. The second kappa shape index (κ2) is 8.00. The number of aromatic nitrogens is 3. The molecular weight excluding hydrogens is 454 g/mol. The van der Waals surface area contributed by atoms with Crippen LogP contribution < -0.4 is 9.64 Å². The van der Waals surface area contributed by atoms with Crippen LogP contribution in [0.1, 0.15) is 29.6 Å². The maximum atomic E-state index is 13.5. The highest BCUT2D eigenvalue weighted by atomic mass is 16.5. The smallest absolute Gasteiger partial charge is 0.254 e. The summed E-state index contributed by atoms with van der Waals surface area (Å²) < 4.78 is 10.2. The fraction of sp³-hybridized carbons (Fsp3) is 0.429. The molecule has 8 nitrogen and oxygen atoms in total. The Hall–Kier alpha value is -3.52. The molecule has 0 radical (unpaired) electrons. The lowest BCUT2D eigenvalue weighted by molar-refractivity contribution is 0.0703. The maximum absolute atomic E-state index is 13.5. The summed E-state index contributed by atoms with van der Waals surface area (Å²) in [5.41, 5.74) is 5.68. The predicted octanol–water partition coefficient (Wildman–Crippen LogP) is 3.64. The number of likely N-dealkylation sites (tertiary alicyclic amines) is 1. The number of amides is 1. The van der Waals surface area contributed by atoms with Crippen molar-refractivity contribution in [2.24, 2.45) is 13.0 Å². The molecule has 186 valence electrons. The van der Waals surface area contributed by atoms with Gasteiger partial charge in [0.05, 0.1) is 36.1 Å². The van der Waals surface area contributed by atoms with Crippen molar-refractivity contribution in [2.75, 3.05) is 38.3 Å². The number of hydrogen-bond donors (Lipinski definition) is 1. The molecule has 3 aliphatic rings. The van der Waals surface area contributed by atoms with Crippen LogP contribution in [0.25, 0.3) is 33.5 Å². The highest BCUT2D eigenvalue weighted by molar-refractivity contribution is 6.01. The quantitative estimate of drug-likeness (QED) is 0.467. The predicted molar refractivity (Wildman–Crippen MR) is 140 cm³/mol. The number of fused-ring (bicyclic) bond motifs is 3. The first kappa shape index (κ1) is 21.7. The molecule has 4 aromatic rings. The number of aliphatic hydroxyl groups is 1. The summed E-state index contributed by atoms with van der Waals surface area (Å²) in [5.74, 6) is 2.27. The number of aryl methyl sites for hydroxylation is 1.